The summed E-state index contributed by atoms with van der Waals surface area (Å²) in [5.41, 5.74) is 5.08. The fourth-order valence-electron chi connectivity index (χ4n) is 4.72. The molecule has 0 spiro atoms. The van der Waals surface area contributed by atoms with Crippen LogP contribution in [0.4, 0.5) is 0 Å². The molecule has 1 heteroatoms. The Hall–Kier alpha value is -3.71. The Balaban J connectivity index is 1.99. The van der Waals surface area contributed by atoms with Gasteiger partial charge in [-0.3, -0.25) is 0 Å². The molecule has 0 atom stereocenters. The molecule has 152 valence electrons. The van der Waals surface area contributed by atoms with Crippen molar-refractivity contribution in [2.75, 3.05) is 0 Å². The van der Waals surface area contributed by atoms with Gasteiger partial charge in [-0.2, -0.15) is 0 Å². The SMILES string of the molecule is CB=c1c(-c2ccc3ccccc3c2)c2ccccc2c(-c2ccccc2)/c1=C/C=C\C. The molecule has 0 aliphatic carbocycles. The first-order valence-corrected chi connectivity index (χ1v) is 11.2. The number of allylic oxidation sites excluding steroid dienone is 2. The van der Waals surface area contributed by atoms with Crippen molar-refractivity contribution in [3.63, 3.8) is 0 Å². The summed E-state index contributed by atoms with van der Waals surface area (Å²) in [5.74, 6) is 0. The predicted molar refractivity (Wildman–Crippen MR) is 142 cm³/mol. The Morgan fingerprint density at radius 3 is 2.00 bits per heavy atom. The molecule has 5 aromatic rings. The second-order valence-corrected chi connectivity index (χ2v) is 8.03. The van der Waals surface area contributed by atoms with Crippen LogP contribution in [0.15, 0.2) is 109 Å². The molecule has 5 rings (SSSR count). The number of rotatable bonds is 3. The van der Waals surface area contributed by atoms with Gasteiger partial charge in [-0.1, -0.05) is 0 Å². The molecule has 32 heavy (non-hydrogen) atoms. The molecule has 5 aromatic carbocycles. The Morgan fingerprint density at radius 1 is 0.625 bits per heavy atom. The van der Waals surface area contributed by atoms with Gasteiger partial charge in [-0.25, -0.2) is 0 Å². The van der Waals surface area contributed by atoms with Gasteiger partial charge >= 0.3 is 190 Å². The summed E-state index contributed by atoms with van der Waals surface area (Å²) in [6.07, 6.45) is 6.50. The van der Waals surface area contributed by atoms with Crippen LogP contribution in [0.3, 0.4) is 0 Å². The molecule has 0 aromatic heterocycles. The zero-order chi connectivity index (χ0) is 21.9. The third-order valence-corrected chi connectivity index (χ3v) is 6.14. The minimum atomic E-state index is 1.24. The van der Waals surface area contributed by atoms with Gasteiger partial charge in [0.2, 0.25) is 0 Å². The molecule has 0 radical (unpaired) electrons. The molecule has 0 unspecified atom stereocenters. The first-order chi connectivity index (χ1) is 15.8. The Labute approximate surface area is 190 Å². The van der Waals surface area contributed by atoms with Gasteiger partial charge in [-0.15, -0.1) is 0 Å². The first-order valence-electron chi connectivity index (χ1n) is 11.2. The Morgan fingerprint density at radius 2 is 1.28 bits per heavy atom. The fraction of sp³-hybridized carbons (Fsp3) is 0.0645. The van der Waals surface area contributed by atoms with Gasteiger partial charge in [0.25, 0.3) is 0 Å². The standard InChI is InChI=1S/C31H25B/c1-3-4-16-28-29(23-13-6-5-7-14-23)26-17-10-11-18-27(26)30(31(28)32-2)25-20-19-22-12-8-9-15-24(22)21-25/h3-21H,1-2H3/b4-3-,28-16-. The molecule has 0 heterocycles. The van der Waals surface area contributed by atoms with Crippen LogP contribution in [0.1, 0.15) is 6.92 Å². The Kier molecular flexibility index (Phi) is 5.56. The van der Waals surface area contributed by atoms with Crippen LogP contribution in [0, 0.1) is 5.11 Å². The van der Waals surface area contributed by atoms with Gasteiger partial charge in [0.1, 0.15) is 0 Å². The molecule has 0 saturated heterocycles. The normalized spacial score (nSPS) is 12.7. The summed E-state index contributed by atoms with van der Waals surface area (Å²) < 4.78 is 0. The van der Waals surface area contributed by atoms with Crippen molar-refractivity contribution in [1.29, 1.82) is 0 Å². The van der Waals surface area contributed by atoms with E-state index in [-0.39, 0.29) is 0 Å². The first kappa shape index (κ1) is 20.2. The van der Waals surface area contributed by atoms with Crippen LogP contribution >= 0.6 is 0 Å². The van der Waals surface area contributed by atoms with Crippen LogP contribution in [0.25, 0.3) is 49.9 Å². The van der Waals surface area contributed by atoms with E-state index in [0.717, 1.165) is 0 Å². The topological polar surface area (TPSA) is 0 Å². The van der Waals surface area contributed by atoms with E-state index in [9.17, 15) is 0 Å². The van der Waals surface area contributed by atoms with Crippen LogP contribution in [0.2, 0.25) is 6.82 Å². The van der Waals surface area contributed by atoms with E-state index in [0.29, 0.717) is 0 Å². The van der Waals surface area contributed by atoms with Gasteiger partial charge in [-0.05, 0) is 0 Å². The molecular formula is C31H25B. The van der Waals surface area contributed by atoms with E-state index in [1.54, 1.807) is 0 Å². The monoisotopic (exact) mass is 408 g/mol. The fourth-order valence-corrected chi connectivity index (χ4v) is 4.72. The third kappa shape index (κ3) is 3.50. The molecule has 0 nitrogen and oxygen atoms in total. The van der Waals surface area contributed by atoms with Crippen LogP contribution in [-0.2, 0) is 0 Å². The summed E-state index contributed by atoms with van der Waals surface area (Å²) in [6.45, 7) is 6.48. The van der Waals surface area contributed by atoms with E-state index in [1.165, 1.54) is 54.1 Å². The quantitative estimate of drug-likeness (QED) is 0.269. The minimum absolute atomic E-state index is 1.24. The van der Waals surface area contributed by atoms with Crippen LogP contribution in [-0.4, -0.2) is 6.92 Å². The maximum absolute atomic E-state index is 2.33. The van der Waals surface area contributed by atoms with Crippen molar-refractivity contribution < 1.29 is 0 Å². The summed E-state index contributed by atoms with van der Waals surface area (Å²) in [4.78, 5) is 0. The predicted octanol–water partition coefficient (Wildman–Crippen LogP) is 7.69. The molecule has 0 fully saturated rings. The number of fused-ring (bicyclic) bond motifs is 2. The van der Waals surface area contributed by atoms with E-state index < -0.39 is 0 Å². The summed E-state index contributed by atoms with van der Waals surface area (Å²) in [7, 11) is 0. The maximum atomic E-state index is 2.33. The van der Waals surface area contributed by atoms with E-state index in [1.807, 2.05) is 0 Å². The van der Waals surface area contributed by atoms with Gasteiger partial charge < -0.3 is 0 Å². The van der Waals surface area contributed by atoms with Crippen LogP contribution < -0.4 is 5.22 Å². The molecule has 0 bridgehead atoms. The number of hydrogen-bond donors (Lipinski definition) is 0. The van der Waals surface area contributed by atoms with Gasteiger partial charge in [0.05, 0.1) is 0 Å². The van der Waals surface area contributed by atoms with E-state index in [2.05, 4.69) is 136 Å². The molecule has 0 aliphatic heterocycles. The third-order valence-electron chi connectivity index (χ3n) is 6.14. The van der Waals surface area contributed by atoms with E-state index >= 15 is 0 Å². The Bertz CT molecular complexity index is 1570. The van der Waals surface area contributed by atoms with Crippen molar-refractivity contribution in [3.05, 3.63) is 120 Å². The second-order valence-electron chi connectivity index (χ2n) is 8.03. The summed E-state index contributed by atoms with van der Waals surface area (Å²) in [6, 6.07) is 35.0. The van der Waals surface area contributed by atoms with Crippen molar-refractivity contribution in [3.8, 4) is 22.3 Å². The molecule has 0 N–H and O–H groups in total. The average Bonchev–Trinajstić information content (AvgIpc) is 2.86. The molecule has 0 saturated carbocycles. The van der Waals surface area contributed by atoms with Crippen LogP contribution in [0.5, 0.6) is 0 Å². The van der Waals surface area contributed by atoms with E-state index in [4.69, 9.17) is 0 Å². The number of hydrogen-bond acceptors (Lipinski definition) is 0. The summed E-state index contributed by atoms with van der Waals surface area (Å²) in [5, 5.41) is 7.64. The zero-order valence-corrected chi connectivity index (χ0v) is 18.5. The van der Waals surface area contributed by atoms with Gasteiger partial charge in [0, 0.05) is 0 Å². The molecule has 0 amide bonds. The van der Waals surface area contributed by atoms with Crippen molar-refractivity contribution in [1.82, 2.24) is 0 Å². The molecular weight excluding hydrogens is 383 g/mol. The molecule has 0 aliphatic rings. The van der Waals surface area contributed by atoms with Crippen molar-refractivity contribution >= 4 is 34.5 Å². The average molecular weight is 408 g/mol. The second kappa shape index (κ2) is 8.81. The van der Waals surface area contributed by atoms with Gasteiger partial charge in [0.15, 0.2) is 0 Å². The van der Waals surface area contributed by atoms with Crippen molar-refractivity contribution in [2.45, 2.75) is 13.7 Å². The number of benzene rings is 5. The summed E-state index contributed by atoms with van der Waals surface area (Å²) >= 11 is 0. The van der Waals surface area contributed by atoms with Crippen molar-refractivity contribution in [2.24, 2.45) is 0 Å². The zero-order valence-electron chi connectivity index (χ0n) is 18.5.